The molecule has 5 nitrogen and oxygen atoms in total. The summed E-state index contributed by atoms with van der Waals surface area (Å²) in [5.74, 6) is 0.846. The third-order valence-corrected chi connectivity index (χ3v) is 6.52. The van der Waals surface area contributed by atoms with Gasteiger partial charge in [0.15, 0.2) is 0 Å². The number of fused-ring (bicyclic) bond motifs is 1. The van der Waals surface area contributed by atoms with Crippen molar-refractivity contribution in [1.82, 2.24) is 9.97 Å². The van der Waals surface area contributed by atoms with Crippen molar-refractivity contribution in [3.05, 3.63) is 39.5 Å². The summed E-state index contributed by atoms with van der Waals surface area (Å²) in [6.45, 7) is 9.05. The van der Waals surface area contributed by atoms with Gasteiger partial charge < -0.3 is 14.4 Å². The molecule has 1 aromatic carbocycles. The SMILES string of the molecule is CCc1sc2nc(Cl)nc(N(CCOC)CCOC)c2c1-c1ccc(C)c(C)c1. The van der Waals surface area contributed by atoms with Crippen LogP contribution in [0.4, 0.5) is 5.82 Å². The average Bonchev–Trinajstić information content (AvgIpc) is 3.08. The highest BCUT2D eigenvalue weighted by atomic mass is 35.5. The van der Waals surface area contributed by atoms with Crippen LogP contribution in [-0.4, -0.2) is 50.5 Å². The highest BCUT2D eigenvalue weighted by Crippen LogP contribution is 2.43. The Labute approximate surface area is 181 Å². The highest BCUT2D eigenvalue weighted by molar-refractivity contribution is 7.19. The molecule has 0 saturated carbocycles. The molecule has 7 heteroatoms. The van der Waals surface area contributed by atoms with Crippen molar-refractivity contribution in [3.63, 3.8) is 0 Å². The first-order valence-corrected chi connectivity index (χ1v) is 11.0. The van der Waals surface area contributed by atoms with Gasteiger partial charge in [-0.05, 0) is 48.6 Å². The Hall–Kier alpha value is -1.73. The zero-order valence-corrected chi connectivity index (χ0v) is 19.3. The van der Waals surface area contributed by atoms with Crippen LogP contribution in [0.3, 0.4) is 0 Å². The molecular formula is C22H28ClN3O2S. The minimum atomic E-state index is 0.267. The van der Waals surface area contributed by atoms with Crippen LogP contribution in [0.25, 0.3) is 21.3 Å². The number of ether oxygens (including phenoxy) is 2. The summed E-state index contributed by atoms with van der Waals surface area (Å²) in [6.07, 6.45) is 0.927. The van der Waals surface area contributed by atoms with E-state index in [1.807, 2.05) is 0 Å². The molecular weight excluding hydrogens is 406 g/mol. The molecule has 0 bridgehead atoms. The number of anilines is 1. The molecule has 0 aliphatic rings. The van der Waals surface area contributed by atoms with Crippen LogP contribution in [0.5, 0.6) is 0 Å². The molecule has 0 fully saturated rings. The lowest BCUT2D eigenvalue weighted by Crippen LogP contribution is -2.31. The summed E-state index contributed by atoms with van der Waals surface area (Å²) >= 11 is 8.03. The second-order valence-corrected chi connectivity index (χ2v) is 8.44. The summed E-state index contributed by atoms with van der Waals surface area (Å²) in [5.41, 5.74) is 4.97. The van der Waals surface area contributed by atoms with Gasteiger partial charge in [0.1, 0.15) is 10.6 Å². The smallest absolute Gasteiger partial charge is 0.225 e. The molecule has 29 heavy (non-hydrogen) atoms. The Kier molecular flexibility index (Phi) is 7.46. The zero-order valence-electron chi connectivity index (χ0n) is 17.7. The van der Waals surface area contributed by atoms with E-state index in [1.165, 1.54) is 27.1 Å². The molecule has 2 aromatic heterocycles. The van der Waals surface area contributed by atoms with E-state index in [9.17, 15) is 0 Å². The van der Waals surface area contributed by atoms with Crippen LogP contribution in [0.15, 0.2) is 18.2 Å². The van der Waals surface area contributed by atoms with Crippen LogP contribution in [-0.2, 0) is 15.9 Å². The van der Waals surface area contributed by atoms with E-state index in [0.29, 0.717) is 26.3 Å². The van der Waals surface area contributed by atoms with Crippen molar-refractivity contribution < 1.29 is 9.47 Å². The first-order chi connectivity index (χ1) is 14.0. The normalized spacial score (nSPS) is 11.4. The van der Waals surface area contributed by atoms with Gasteiger partial charge in [-0.3, -0.25) is 0 Å². The number of hydrogen-bond acceptors (Lipinski definition) is 6. The van der Waals surface area contributed by atoms with E-state index in [2.05, 4.69) is 53.8 Å². The van der Waals surface area contributed by atoms with Crippen molar-refractivity contribution >= 4 is 39.0 Å². The van der Waals surface area contributed by atoms with Gasteiger partial charge in [-0.1, -0.05) is 25.1 Å². The topological polar surface area (TPSA) is 47.5 Å². The number of rotatable bonds is 9. The van der Waals surface area contributed by atoms with E-state index >= 15 is 0 Å². The zero-order chi connectivity index (χ0) is 21.0. The number of aromatic nitrogens is 2. The number of nitrogens with zero attached hydrogens (tertiary/aromatic N) is 3. The van der Waals surface area contributed by atoms with E-state index in [0.717, 1.165) is 22.5 Å². The molecule has 0 aliphatic carbocycles. The van der Waals surface area contributed by atoms with Gasteiger partial charge in [0.2, 0.25) is 5.28 Å². The summed E-state index contributed by atoms with van der Waals surface area (Å²) in [5, 5.41) is 1.33. The minimum Gasteiger partial charge on any atom is -0.383 e. The molecule has 0 atom stereocenters. The van der Waals surface area contributed by atoms with Crippen molar-refractivity contribution in [2.75, 3.05) is 45.4 Å². The first kappa shape index (κ1) is 22.0. The Morgan fingerprint density at radius 2 is 1.72 bits per heavy atom. The second kappa shape index (κ2) is 9.85. The van der Waals surface area contributed by atoms with Gasteiger partial charge in [-0.25, -0.2) is 4.98 Å². The Bertz CT molecular complexity index is 982. The van der Waals surface area contributed by atoms with Gasteiger partial charge in [0, 0.05) is 37.7 Å². The summed E-state index contributed by atoms with van der Waals surface area (Å²) < 4.78 is 10.7. The number of benzene rings is 1. The van der Waals surface area contributed by atoms with Crippen LogP contribution in [0.1, 0.15) is 22.9 Å². The Morgan fingerprint density at radius 1 is 1.03 bits per heavy atom. The predicted octanol–water partition coefficient (Wildman–Crippen LogP) is 5.29. The second-order valence-electron chi connectivity index (χ2n) is 7.02. The molecule has 0 amide bonds. The minimum absolute atomic E-state index is 0.267. The standard InChI is InChI=1S/C22H28ClN3O2S/c1-6-17-18(16-8-7-14(2)15(3)13-16)19-20(24-22(23)25-21(19)29-17)26(9-11-27-4)10-12-28-5/h7-8,13H,6,9-12H2,1-5H3. The molecule has 3 aromatic rings. The third-order valence-electron chi connectivity index (χ3n) is 5.13. The maximum Gasteiger partial charge on any atom is 0.225 e. The summed E-state index contributed by atoms with van der Waals surface area (Å²) in [7, 11) is 3.41. The van der Waals surface area contributed by atoms with E-state index in [1.54, 1.807) is 25.6 Å². The fourth-order valence-electron chi connectivity index (χ4n) is 3.41. The van der Waals surface area contributed by atoms with Gasteiger partial charge >= 0.3 is 0 Å². The third kappa shape index (κ3) is 4.72. The summed E-state index contributed by atoms with van der Waals surface area (Å²) in [6, 6.07) is 6.62. The van der Waals surface area contributed by atoms with Crippen molar-refractivity contribution in [1.29, 1.82) is 0 Å². The van der Waals surface area contributed by atoms with Crippen molar-refractivity contribution in [2.24, 2.45) is 0 Å². The molecule has 0 unspecified atom stereocenters. The fourth-order valence-corrected chi connectivity index (χ4v) is 4.75. The molecule has 0 radical (unpaired) electrons. The largest absolute Gasteiger partial charge is 0.383 e. The van der Waals surface area contributed by atoms with Gasteiger partial charge in [0.05, 0.1) is 18.6 Å². The fraction of sp³-hybridized carbons (Fsp3) is 0.455. The monoisotopic (exact) mass is 433 g/mol. The average molecular weight is 434 g/mol. The van der Waals surface area contributed by atoms with Gasteiger partial charge in [-0.15, -0.1) is 11.3 Å². The lowest BCUT2D eigenvalue weighted by molar-refractivity contribution is 0.190. The molecule has 0 aliphatic heterocycles. The van der Waals surface area contributed by atoms with E-state index < -0.39 is 0 Å². The molecule has 156 valence electrons. The van der Waals surface area contributed by atoms with E-state index in [4.69, 9.17) is 21.1 Å². The number of methoxy groups -OCH3 is 2. The number of thiophene rings is 1. The highest BCUT2D eigenvalue weighted by Gasteiger charge is 2.23. The number of halogens is 1. The Morgan fingerprint density at radius 3 is 2.31 bits per heavy atom. The quantitative estimate of drug-likeness (QED) is 0.429. The number of hydrogen-bond donors (Lipinski definition) is 0. The van der Waals surface area contributed by atoms with Gasteiger partial charge in [-0.2, -0.15) is 4.98 Å². The van der Waals surface area contributed by atoms with Crippen LogP contribution >= 0.6 is 22.9 Å². The molecule has 0 spiro atoms. The molecule has 2 heterocycles. The lowest BCUT2D eigenvalue weighted by atomic mass is 9.98. The van der Waals surface area contributed by atoms with E-state index in [-0.39, 0.29) is 5.28 Å². The Balaban J connectivity index is 2.26. The first-order valence-electron chi connectivity index (χ1n) is 9.79. The number of aryl methyl sites for hydroxylation is 3. The van der Waals surface area contributed by atoms with Gasteiger partial charge in [0.25, 0.3) is 0 Å². The lowest BCUT2D eigenvalue weighted by Gasteiger charge is -2.24. The van der Waals surface area contributed by atoms with Crippen LogP contribution < -0.4 is 4.90 Å². The molecule has 0 N–H and O–H groups in total. The molecule has 0 saturated heterocycles. The predicted molar refractivity (Wildman–Crippen MR) is 123 cm³/mol. The van der Waals surface area contributed by atoms with Crippen molar-refractivity contribution in [3.8, 4) is 11.1 Å². The maximum atomic E-state index is 6.33. The van der Waals surface area contributed by atoms with Crippen LogP contribution in [0.2, 0.25) is 5.28 Å². The maximum absolute atomic E-state index is 6.33. The van der Waals surface area contributed by atoms with Crippen molar-refractivity contribution in [2.45, 2.75) is 27.2 Å². The molecule has 3 rings (SSSR count). The summed E-state index contributed by atoms with van der Waals surface area (Å²) in [4.78, 5) is 13.6. The van der Waals surface area contributed by atoms with Crippen LogP contribution in [0, 0.1) is 13.8 Å².